The molecule has 0 aliphatic heterocycles. The Morgan fingerprint density at radius 1 is 1.28 bits per heavy atom. The van der Waals surface area contributed by atoms with Crippen molar-refractivity contribution in [1.29, 1.82) is 0 Å². The summed E-state index contributed by atoms with van der Waals surface area (Å²) in [5, 5.41) is 2.88. The monoisotopic (exact) mass is 304 g/mol. The first kappa shape index (κ1) is 12.8. The summed E-state index contributed by atoms with van der Waals surface area (Å²) < 4.78 is 1.01. The Morgan fingerprint density at radius 3 is 2.67 bits per heavy atom. The smallest absolute Gasteiger partial charge is 0.251 e. The van der Waals surface area contributed by atoms with Crippen molar-refractivity contribution < 1.29 is 4.79 Å². The molecule has 0 aliphatic rings. The van der Waals surface area contributed by atoms with Gasteiger partial charge in [-0.15, -0.1) is 0 Å². The predicted molar refractivity (Wildman–Crippen MR) is 74.3 cm³/mol. The van der Waals surface area contributed by atoms with Gasteiger partial charge < -0.3 is 5.32 Å². The summed E-state index contributed by atoms with van der Waals surface area (Å²) in [4.78, 5) is 15.9. The van der Waals surface area contributed by atoms with E-state index in [2.05, 4.69) is 26.2 Å². The molecule has 1 aromatic carbocycles. The standard InChI is InChI=1S/C14H13BrN2O/c1-10-8-12(2-3-13(10)15)14(18)17-9-11-4-6-16-7-5-11/h2-8H,9H2,1H3,(H,17,18). The van der Waals surface area contributed by atoms with Crippen LogP contribution in [0, 0.1) is 6.92 Å². The largest absolute Gasteiger partial charge is 0.348 e. The van der Waals surface area contributed by atoms with Crippen molar-refractivity contribution in [2.75, 3.05) is 0 Å². The van der Waals surface area contributed by atoms with Gasteiger partial charge in [0.05, 0.1) is 0 Å². The summed E-state index contributed by atoms with van der Waals surface area (Å²) in [7, 11) is 0. The van der Waals surface area contributed by atoms with E-state index in [1.165, 1.54) is 0 Å². The third-order valence-corrected chi connectivity index (χ3v) is 3.51. The van der Waals surface area contributed by atoms with Crippen LogP contribution in [0.2, 0.25) is 0 Å². The van der Waals surface area contributed by atoms with E-state index in [9.17, 15) is 4.79 Å². The molecule has 0 aliphatic carbocycles. The summed E-state index contributed by atoms with van der Waals surface area (Å²) in [5.74, 6) is -0.0672. The first-order chi connectivity index (χ1) is 8.66. The predicted octanol–water partition coefficient (Wildman–Crippen LogP) is 3.08. The van der Waals surface area contributed by atoms with Crippen molar-refractivity contribution in [3.05, 3.63) is 63.9 Å². The molecule has 3 nitrogen and oxygen atoms in total. The Labute approximate surface area is 114 Å². The van der Waals surface area contributed by atoms with Crippen molar-refractivity contribution in [2.45, 2.75) is 13.5 Å². The molecule has 2 aromatic rings. The van der Waals surface area contributed by atoms with E-state index in [0.717, 1.165) is 15.6 Å². The van der Waals surface area contributed by atoms with Gasteiger partial charge >= 0.3 is 0 Å². The van der Waals surface area contributed by atoms with Gasteiger partial charge in [-0.05, 0) is 48.4 Å². The lowest BCUT2D eigenvalue weighted by Gasteiger charge is -2.06. The van der Waals surface area contributed by atoms with Crippen molar-refractivity contribution >= 4 is 21.8 Å². The molecule has 0 bridgehead atoms. The summed E-state index contributed by atoms with van der Waals surface area (Å²) in [5.41, 5.74) is 2.75. The van der Waals surface area contributed by atoms with Crippen LogP contribution >= 0.6 is 15.9 Å². The highest BCUT2D eigenvalue weighted by Crippen LogP contribution is 2.17. The quantitative estimate of drug-likeness (QED) is 0.947. The zero-order chi connectivity index (χ0) is 13.0. The fourth-order valence-corrected chi connectivity index (χ4v) is 1.82. The number of hydrogen-bond acceptors (Lipinski definition) is 2. The van der Waals surface area contributed by atoms with Gasteiger partial charge in [0.1, 0.15) is 0 Å². The fourth-order valence-electron chi connectivity index (χ4n) is 1.57. The minimum atomic E-state index is -0.0672. The van der Waals surface area contributed by atoms with Gasteiger partial charge in [0, 0.05) is 29.0 Å². The molecule has 1 N–H and O–H groups in total. The normalized spacial score (nSPS) is 10.1. The van der Waals surface area contributed by atoms with Crippen LogP contribution in [0.15, 0.2) is 47.2 Å². The molecule has 18 heavy (non-hydrogen) atoms. The van der Waals surface area contributed by atoms with E-state index >= 15 is 0 Å². The number of amides is 1. The number of carbonyl (C=O) groups excluding carboxylic acids is 1. The lowest BCUT2D eigenvalue weighted by Crippen LogP contribution is -2.22. The van der Waals surface area contributed by atoms with Crippen molar-refractivity contribution in [3.8, 4) is 0 Å². The number of nitrogens with one attached hydrogen (secondary N) is 1. The van der Waals surface area contributed by atoms with Gasteiger partial charge in [-0.3, -0.25) is 9.78 Å². The summed E-state index contributed by atoms with van der Waals surface area (Å²) in [6.45, 7) is 2.47. The van der Waals surface area contributed by atoms with Crippen LogP contribution in [0.5, 0.6) is 0 Å². The molecule has 0 fully saturated rings. The van der Waals surface area contributed by atoms with Crippen LogP contribution in [0.4, 0.5) is 0 Å². The molecule has 0 spiro atoms. The Kier molecular flexibility index (Phi) is 4.10. The van der Waals surface area contributed by atoms with Crippen molar-refractivity contribution in [1.82, 2.24) is 10.3 Å². The van der Waals surface area contributed by atoms with Gasteiger partial charge in [0.25, 0.3) is 5.91 Å². The molecular formula is C14H13BrN2O. The van der Waals surface area contributed by atoms with Gasteiger partial charge in [0.2, 0.25) is 0 Å². The molecule has 1 aromatic heterocycles. The zero-order valence-corrected chi connectivity index (χ0v) is 11.6. The highest BCUT2D eigenvalue weighted by atomic mass is 79.9. The van der Waals surface area contributed by atoms with Crippen LogP contribution in [0.25, 0.3) is 0 Å². The number of pyridine rings is 1. The molecule has 1 heterocycles. The Bertz CT molecular complexity index is 555. The number of aryl methyl sites for hydroxylation is 1. The third-order valence-electron chi connectivity index (χ3n) is 2.62. The SMILES string of the molecule is Cc1cc(C(=O)NCc2ccncc2)ccc1Br. The van der Waals surface area contributed by atoms with Gasteiger partial charge in [-0.2, -0.15) is 0 Å². The summed E-state index contributed by atoms with van der Waals surface area (Å²) in [6, 6.07) is 9.32. The Hall–Kier alpha value is -1.68. The van der Waals surface area contributed by atoms with Crippen molar-refractivity contribution in [2.24, 2.45) is 0 Å². The number of benzene rings is 1. The number of halogens is 1. The van der Waals surface area contributed by atoms with Gasteiger partial charge in [-0.25, -0.2) is 0 Å². The maximum atomic E-state index is 11.9. The van der Waals surface area contributed by atoms with E-state index in [1.54, 1.807) is 18.5 Å². The fraction of sp³-hybridized carbons (Fsp3) is 0.143. The second kappa shape index (κ2) is 5.78. The van der Waals surface area contributed by atoms with E-state index in [-0.39, 0.29) is 5.91 Å². The number of hydrogen-bond donors (Lipinski definition) is 1. The van der Waals surface area contributed by atoms with Crippen LogP contribution in [-0.4, -0.2) is 10.9 Å². The van der Waals surface area contributed by atoms with Crippen LogP contribution in [0.3, 0.4) is 0 Å². The summed E-state index contributed by atoms with van der Waals surface area (Å²) >= 11 is 3.42. The summed E-state index contributed by atoms with van der Waals surface area (Å²) in [6.07, 6.45) is 3.43. The number of nitrogens with zero attached hydrogens (tertiary/aromatic N) is 1. The lowest BCUT2D eigenvalue weighted by atomic mass is 10.1. The molecule has 0 saturated carbocycles. The highest BCUT2D eigenvalue weighted by Gasteiger charge is 2.06. The first-order valence-electron chi connectivity index (χ1n) is 5.60. The molecule has 0 radical (unpaired) electrons. The van der Waals surface area contributed by atoms with E-state index in [4.69, 9.17) is 0 Å². The van der Waals surface area contributed by atoms with E-state index in [1.807, 2.05) is 31.2 Å². The Balaban J connectivity index is 2.02. The van der Waals surface area contributed by atoms with Crippen LogP contribution < -0.4 is 5.32 Å². The first-order valence-corrected chi connectivity index (χ1v) is 6.39. The molecule has 4 heteroatoms. The molecule has 1 amide bonds. The number of rotatable bonds is 3. The van der Waals surface area contributed by atoms with E-state index in [0.29, 0.717) is 12.1 Å². The minimum Gasteiger partial charge on any atom is -0.348 e. The van der Waals surface area contributed by atoms with Gasteiger partial charge in [-0.1, -0.05) is 15.9 Å². The average Bonchev–Trinajstić information content (AvgIpc) is 2.40. The molecule has 2 rings (SSSR count). The Morgan fingerprint density at radius 2 is 2.00 bits per heavy atom. The number of aromatic nitrogens is 1. The molecule has 0 saturated heterocycles. The second-order valence-electron chi connectivity index (χ2n) is 4.00. The molecular weight excluding hydrogens is 292 g/mol. The molecule has 0 unspecified atom stereocenters. The zero-order valence-electron chi connectivity index (χ0n) is 9.98. The maximum absolute atomic E-state index is 11.9. The number of carbonyl (C=O) groups is 1. The molecule has 0 atom stereocenters. The third kappa shape index (κ3) is 3.17. The minimum absolute atomic E-state index is 0.0672. The lowest BCUT2D eigenvalue weighted by molar-refractivity contribution is 0.0951. The maximum Gasteiger partial charge on any atom is 0.251 e. The van der Waals surface area contributed by atoms with Gasteiger partial charge in [0.15, 0.2) is 0 Å². The molecule has 92 valence electrons. The topological polar surface area (TPSA) is 42.0 Å². The van der Waals surface area contributed by atoms with Crippen LogP contribution in [-0.2, 0) is 6.54 Å². The van der Waals surface area contributed by atoms with Crippen LogP contribution in [0.1, 0.15) is 21.5 Å². The second-order valence-corrected chi connectivity index (χ2v) is 4.86. The van der Waals surface area contributed by atoms with Crippen molar-refractivity contribution in [3.63, 3.8) is 0 Å². The highest BCUT2D eigenvalue weighted by molar-refractivity contribution is 9.10. The van der Waals surface area contributed by atoms with E-state index < -0.39 is 0 Å². The average molecular weight is 305 g/mol.